The van der Waals surface area contributed by atoms with E-state index in [9.17, 15) is 9.59 Å². The monoisotopic (exact) mass is 239 g/mol. The van der Waals surface area contributed by atoms with Gasteiger partial charge in [-0.25, -0.2) is 9.59 Å². The summed E-state index contributed by atoms with van der Waals surface area (Å²) in [5.41, 5.74) is 11.0. The van der Waals surface area contributed by atoms with Crippen molar-refractivity contribution in [2.75, 3.05) is 24.2 Å². The lowest BCUT2D eigenvalue weighted by atomic mass is 10.1. The molecule has 0 fully saturated rings. The van der Waals surface area contributed by atoms with Gasteiger partial charge in [-0.15, -0.1) is 0 Å². The van der Waals surface area contributed by atoms with Crippen LogP contribution in [0.2, 0.25) is 0 Å². The summed E-state index contributed by atoms with van der Waals surface area (Å²) >= 11 is 0. The molecule has 0 heterocycles. The summed E-state index contributed by atoms with van der Waals surface area (Å²) in [6, 6.07) is 4.52. The van der Waals surface area contributed by atoms with Gasteiger partial charge >= 0.3 is 12.1 Å². The lowest BCUT2D eigenvalue weighted by Crippen LogP contribution is -2.18. The second-order valence-corrected chi connectivity index (χ2v) is 3.20. The van der Waals surface area contributed by atoms with Crippen LogP contribution in [-0.2, 0) is 4.74 Å². The van der Waals surface area contributed by atoms with E-state index in [0.29, 0.717) is 12.2 Å². The fraction of sp³-hybridized carbons (Fsp3) is 0.200. The average molecular weight is 239 g/mol. The maximum Gasteiger partial charge on any atom is 0.404 e. The second-order valence-electron chi connectivity index (χ2n) is 3.20. The Labute approximate surface area is 97.4 Å². The number of hydrogen-bond acceptors (Lipinski definition) is 5. The summed E-state index contributed by atoms with van der Waals surface area (Å²) in [5.74, 6) is -1.10. The minimum atomic E-state index is -1.10. The highest BCUT2D eigenvalue weighted by atomic mass is 16.5. The smallest absolute Gasteiger partial charge is 0.404 e. The Morgan fingerprint density at radius 2 is 2.12 bits per heavy atom. The van der Waals surface area contributed by atoms with E-state index < -0.39 is 12.1 Å². The predicted molar refractivity (Wildman–Crippen MR) is 61.8 cm³/mol. The number of nitrogen functional groups attached to an aromatic ring is 1. The highest BCUT2D eigenvalue weighted by Crippen LogP contribution is 2.17. The molecular weight excluding hydrogens is 226 g/mol. The van der Waals surface area contributed by atoms with Crippen molar-refractivity contribution in [1.29, 1.82) is 0 Å². The summed E-state index contributed by atoms with van der Waals surface area (Å²) in [5, 5.41) is 11.7. The van der Waals surface area contributed by atoms with Gasteiger partial charge in [0.15, 0.2) is 0 Å². The Morgan fingerprint density at radius 3 is 2.71 bits per heavy atom. The number of nitrogens with one attached hydrogen (secondary N) is 1. The van der Waals surface area contributed by atoms with Gasteiger partial charge in [0.05, 0.1) is 5.56 Å². The van der Waals surface area contributed by atoms with Crippen LogP contribution in [0.4, 0.5) is 16.2 Å². The lowest BCUT2D eigenvalue weighted by Gasteiger charge is -2.08. The number of hydrogen-bond donors (Lipinski definition) is 4. The number of carbonyl (C=O) groups excluding carboxylic acids is 1. The first-order valence-electron chi connectivity index (χ1n) is 4.79. The molecule has 0 unspecified atom stereocenters. The van der Waals surface area contributed by atoms with Gasteiger partial charge in [-0.3, -0.25) is 0 Å². The molecule has 1 aromatic carbocycles. The molecule has 0 saturated carbocycles. The SMILES string of the molecule is NC(=O)OCCNc1ccc(N)c(C(=O)O)c1. The van der Waals surface area contributed by atoms with E-state index in [2.05, 4.69) is 10.1 Å². The van der Waals surface area contributed by atoms with Gasteiger partial charge in [0.25, 0.3) is 0 Å². The summed E-state index contributed by atoms with van der Waals surface area (Å²) in [4.78, 5) is 21.1. The predicted octanol–water partition coefficient (Wildman–Crippen LogP) is 0.474. The molecule has 1 rings (SSSR count). The van der Waals surface area contributed by atoms with Gasteiger partial charge in [0.2, 0.25) is 0 Å². The minimum absolute atomic E-state index is 0.0193. The first-order chi connectivity index (χ1) is 8.00. The molecule has 0 spiro atoms. The number of benzene rings is 1. The van der Waals surface area contributed by atoms with Crippen LogP contribution in [0.5, 0.6) is 0 Å². The van der Waals surface area contributed by atoms with Crippen LogP contribution in [-0.4, -0.2) is 30.3 Å². The number of carbonyl (C=O) groups is 2. The van der Waals surface area contributed by atoms with Gasteiger partial charge < -0.3 is 26.6 Å². The Bertz CT molecular complexity index is 434. The van der Waals surface area contributed by atoms with Crippen molar-refractivity contribution in [3.63, 3.8) is 0 Å². The molecule has 0 radical (unpaired) electrons. The van der Waals surface area contributed by atoms with Crippen LogP contribution in [0.1, 0.15) is 10.4 Å². The quantitative estimate of drug-likeness (QED) is 0.437. The highest BCUT2D eigenvalue weighted by Gasteiger charge is 2.08. The second kappa shape index (κ2) is 5.59. The topological polar surface area (TPSA) is 128 Å². The molecule has 17 heavy (non-hydrogen) atoms. The molecule has 0 aromatic heterocycles. The number of aromatic carboxylic acids is 1. The van der Waals surface area contributed by atoms with Crippen LogP contribution in [0.15, 0.2) is 18.2 Å². The van der Waals surface area contributed by atoms with E-state index >= 15 is 0 Å². The molecule has 92 valence electrons. The minimum Gasteiger partial charge on any atom is -0.478 e. The van der Waals surface area contributed by atoms with Crippen molar-refractivity contribution < 1.29 is 19.4 Å². The number of ether oxygens (including phenoxy) is 1. The Morgan fingerprint density at radius 1 is 1.41 bits per heavy atom. The van der Waals surface area contributed by atoms with E-state index in [4.69, 9.17) is 16.6 Å². The van der Waals surface area contributed by atoms with E-state index in [0.717, 1.165) is 0 Å². The van der Waals surface area contributed by atoms with E-state index in [1.54, 1.807) is 6.07 Å². The zero-order valence-corrected chi connectivity index (χ0v) is 8.97. The molecule has 0 aliphatic carbocycles. The molecule has 0 aliphatic heterocycles. The molecule has 0 aliphatic rings. The van der Waals surface area contributed by atoms with Gasteiger partial charge in [-0.2, -0.15) is 0 Å². The van der Waals surface area contributed by atoms with Crippen molar-refractivity contribution in [2.24, 2.45) is 5.73 Å². The van der Waals surface area contributed by atoms with Crippen molar-refractivity contribution in [1.82, 2.24) is 0 Å². The molecule has 6 N–H and O–H groups in total. The van der Waals surface area contributed by atoms with E-state index in [1.807, 2.05) is 0 Å². The molecule has 0 saturated heterocycles. The van der Waals surface area contributed by atoms with Gasteiger partial charge in [0, 0.05) is 17.9 Å². The number of carboxylic acids is 1. The number of nitrogens with two attached hydrogens (primary N) is 2. The molecule has 7 nitrogen and oxygen atoms in total. The number of carboxylic acid groups (broad SMARTS) is 1. The third-order valence-electron chi connectivity index (χ3n) is 1.96. The van der Waals surface area contributed by atoms with Crippen molar-refractivity contribution in [3.8, 4) is 0 Å². The van der Waals surface area contributed by atoms with Crippen molar-refractivity contribution >= 4 is 23.4 Å². The van der Waals surface area contributed by atoms with Crippen molar-refractivity contribution in [2.45, 2.75) is 0 Å². The first kappa shape index (κ1) is 12.6. The third kappa shape index (κ3) is 3.90. The molecular formula is C10H13N3O4. The fourth-order valence-corrected chi connectivity index (χ4v) is 1.20. The summed E-state index contributed by atoms with van der Waals surface area (Å²) in [6.07, 6.45) is -0.852. The highest BCUT2D eigenvalue weighted by molar-refractivity contribution is 5.94. The fourth-order valence-electron chi connectivity index (χ4n) is 1.20. The largest absolute Gasteiger partial charge is 0.478 e. The molecule has 1 amide bonds. The number of amides is 1. The van der Waals surface area contributed by atoms with Gasteiger partial charge in [-0.05, 0) is 18.2 Å². The van der Waals surface area contributed by atoms with Crippen LogP contribution in [0.3, 0.4) is 0 Å². The summed E-state index contributed by atoms with van der Waals surface area (Å²) in [6.45, 7) is 0.425. The third-order valence-corrected chi connectivity index (χ3v) is 1.96. The Balaban J connectivity index is 2.57. The summed E-state index contributed by atoms with van der Waals surface area (Å²) < 4.78 is 4.50. The Kier molecular flexibility index (Phi) is 4.15. The molecule has 1 aromatic rings. The molecule has 0 atom stereocenters. The van der Waals surface area contributed by atoms with Crippen LogP contribution >= 0.6 is 0 Å². The number of anilines is 2. The average Bonchev–Trinajstić information content (AvgIpc) is 2.25. The first-order valence-corrected chi connectivity index (χ1v) is 4.79. The van der Waals surface area contributed by atoms with Crippen LogP contribution < -0.4 is 16.8 Å². The van der Waals surface area contributed by atoms with E-state index in [1.165, 1.54) is 12.1 Å². The van der Waals surface area contributed by atoms with Gasteiger partial charge in [-0.1, -0.05) is 0 Å². The zero-order chi connectivity index (χ0) is 12.8. The summed E-state index contributed by atoms with van der Waals surface area (Å²) in [7, 11) is 0. The van der Waals surface area contributed by atoms with Crippen LogP contribution in [0, 0.1) is 0 Å². The zero-order valence-electron chi connectivity index (χ0n) is 8.97. The maximum atomic E-state index is 10.8. The maximum absolute atomic E-state index is 10.8. The van der Waals surface area contributed by atoms with Gasteiger partial charge in [0.1, 0.15) is 6.61 Å². The van der Waals surface area contributed by atoms with E-state index in [-0.39, 0.29) is 17.9 Å². The normalized spacial score (nSPS) is 9.65. The Hall–Kier alpha value is -2.44. The van der Waals surface area contributed by atoms with Crippen molar-refractivity contribution in [3.05, 3.63) is 23.8 Å². The molecule has 0 bridgehead atoms. The molecule has 7 heteroatoms. The lowest BCUT2D eigenvalue weighted by molar-refractivity contribution is 0.0698. The van der Waals surface area contributed by atoms with Crippen LogP contribution in [0.25, 0.3) is 0 Å². The number of rotatable bonds is 5. The standard InChI is InChI=1S/C10H13N3O4/c11-8-2-1-6(5-7(8)9(14)15)13-3-4-17-10(12)16/h1-2,5,13H,3-4,11H2,(H2,12,16)(H,14,15). The number of primary amides is 1.